The second kappa shape index (κ2) is 11.4. The molecule has 1 saturated heterocycles. The minimum atomic E-state index is -4.28. The molecule has 0 bridgehead atoms. The molecule has 9 heteroatoms. The molecule has 6 nitrogen and oxygen atoms in total. The topological polar surface area (TPSA) is 60.8 Å². The predicted molar refractivity (Wildman–Crippen MR) is 155 cm³/mol. The van der Waals surface area contributed by atoms with Crippen molar-refractivity contribution in [3.8, 4) is 0 Å². The van der Waals surface area contributed by atoms with Gasteiger partial charge in [-0.1, -0.05) is 18.2 Å². The Bertz CT molecular complexity index is 1470. The number of methoxy groups -OCH3 is 1. The van der Waals surface area contributed by atoms with Crippen molar-refractivity contribution in [3.05, 3.63) is 70.4 Å². The molecule has 1 aliphatic carbocycles. The highest BCUT2D eigenvalue weighted by molar-refractivity contribution is 5.94. The highest BCUT2D eigenvalue weighted by Gasteiger charge is 2.38. The molecule has 226 valence electrons. The van der Waals surface area contributed by atoms with Crippen molar-refractivity contribution in [1.29, 1.82) is 0 Å². The third-order valence-electron chi connectivity index (χ3n) is 8.38. The molecule has 2 fully saturated rings. The predicted octanol–water partition coefficient (Wildman–Crippen LogP) is 7.61. The van der Waals surface area contributed by atoms with Gasteiger partial charge in [0, 0.05) is 18.1 Å². The number of aromatic nitrogens is 1. The van der Waals surface area contributed by atoms with Crippen LogP contribution in [0.3, 0.4) is 0 Å². The van der Waals surface area contributed by atoms with E-state index in [-0.39, 0.29) is 18.4 Å². The summed E-state index contributed by atoms with van der Waals surface area (Å²) in [7, 11) is 1.32. The molecule has 1 saturated carbocycles. The first-order valence-electron chi connectivity index (χ1n) is 14.6. The second-order valence-corrected chi connectivity index (χ2v) is 12.8. The fourth-order valence-electron chi connectivity index (χ4n) is 6.41. The molecule has 0 spiro atoms. The third kappa shape index (κ3) is 6.66. The number of alkyl halides is 3. The van der Waals surface area contributed by atoms with Crippen LogP contribution in [0, 0.1) is 12.8 Å². The maximum absolute atomic E-state index is 13.4. The van der Waals surface area contributed by atoms with E-state index in [1.54, 1.807) is 22.9 Å². The SMILES string of the molecule is COC(=O)c1ccc([C@H]2CN(CC(F)(F)F)CC[C@@H]2Cc2c(C3CC3)cc(C)c3c2ccn3C(=O)OC(C)(C)C)cc1. The molecular formula is C33H39F3N2O4. The molecule has 42 heavy (non-hydrogen) atoms. The van der Waals surface area contributed by atoms with Crippen molar-refractivity contribution in [2.24, 2.45) is 5.92 Å². The van der Waals surface area contributed by atoms with Crippen LogP contribution in [0.5, 0.6) is 0 Å². The van der Waals surface area contributed by atoms with Crippen LogP contribution in [0.25, 0.3) is 10.9 Å². The number of ether oxygens (including phenoxy) is 2. The Morgan fingerprint density at radius 1 is 1.02 bits per heavy atom. The summed E-state index contributed by atoms with van der Waals surface area (Å²) in [5.41, 5.74) is 4.94. The van der Waals surface area contributed by atoms with E-state index >= 15 is 0 Å². The standard InChI is InChI=1S/C33H39F3N2O4/c1-20-16-26(21-6-7-21)27(25-13-15-38(29(20)25)31(40)42-32(2,3)4)17-24-12-14-37(19-33(34,35)36)18-28(24)22-8-10-23(11-9-22)30(39)41-5/h8-11,13,15-16,21,24,28H,6-7,12,14,17-19H2,1-5H3/t24-,28-/m1/s1. The number of likely N-dealkylation sites (tertiary alicyclic amines) is 1. The Balaban J connectivity index is 1.53. The lowest BCUT2D eigenvalue weighted by molar-refractivity contribution is -0.149. The van der Waals surface area contributed by atoms with Gasteiger partial charge in [-0.25, -0.2) is 9.59 Å². The fourth-order valence-corrected chi connectivity index (χ4v) is 6.41. The third-order valence-corrected chi connectivity index (χ3v) is 8.38. The average molecular weight is 585 g/mol. The number of aryl methyl sites for hydroxylation is 1. The Morgan fingerprint density at radius 3 is 2.31 bits per heavy atom. The Kier molecular flexibility index (Phi) is 8.18. The van der Waals surface area contributed by atoms with E-state index in [0.717, 1.165) is 34.9 Å². The molecule has 2 heterocycles. The molecule has 0 radical (unpaired) electrons. The van der Waals surface area contributed by atoms with Gasteiger partial charge in [0.2, 0.25) is 0 Å². The van der Waals surface area contributed by atoms with Crippen molar-refractivity contribution < 1.29 is 32.2 Å². The number of rotatable bonds is 6. The highest BCUT2D eigenvalue weighted by atomic mass is 19.4. The number of benzene rings is 2. The number of fused-ring (bicyclic) bond motifs is 1. The lowest BCUT2D eigenvalue weighted by Crippen LogP contribution is -2.44. The first kappa shape index (κ1) is 30.1. The Labute approximate surface area is 244 Å². The number of esters is 1. The maximum Gasteiger partial charge on any atom is 0.418 e. The van der Waals surface area contributed by atoms with E-state index in [4.69, 9.17) is 9.47 Å². The lowest BCUT2D eigenvalue weighted by Gasteiger charge is -2.39. The van der Waals surface area contributed by atoms with Crippen LogP contribution in [0.4, 0.5) is 18.0 Å². The average Bonchev–Trinajstić information content (AvgIpc) is 3.65. The summed E-state index contributed by atoms with van der Waals surface area (Å²) in [6.07, 6.45) is 0.547. The highest BCUT2D eigenvalue weighted by Crippen LogP contribution is 2.46. The second-order valence-electron chi connectivity index (χ2n) is 12.8. The lowest BCUT2D eigenvalue weighted by atomic mass is 9.75. The van der Waals surface area contributed by atoms with Gasteiger partial charge in [-0.2, -0.15) is 13.2 Å². The fraction of sp³-hybridized carbons (Fsp3) is 0.515. The van der Waals surface area contributed by atoms with Crippen molar-refractivity contribution >= 4 is 23.0 Å². The monoisotopic (exact) mass is 584 g/mol. The van der Waals surface area contributed by atoms with Crippen molar-refractivity contribution in [2.45, 2.75) is 77.0 Å². The Morgan fingerprint density at radius 2 is 1.71 bits per heavy atom. The van der Waals surface area contributed by atoms with Crippen LogP contribution in [0.15, 0.2) is 42.6 Å². The molecule has 0 N–H and O–H groups in total. The summed E-state index contributed by atoms with van der Waals surface area (Å²) in [5, 5.41) is 1.00. The molecule has 0 unspecified atom stereocenters. The van der Waals surface area contributed by atoms with Gasteiger partial charge in [0.15, 0.2) is 0 Å². The summed E-state index contributed by atoms with van der Waals surface area (Å²) >= 11 is 0. The molecule has 0 amide bonds. The molecule has 1 aromatic heterocycles. The summed E-state index contributed by atoms with van der Waals surface area (Å²) in [5.74, 6) is -0.0852. The minimum Gasteiger partial charge on any atom is -0.465 e. The summed E-state index contributed by atoms with van der Waals surface area (Å²) < 4.78 is 52.3. The number of hydrogen-bond acceptors (Lipinski definition) is 5. The first-order valence-corrected chi connectivity index (χ1v) is 14.6. The van der Waals surface area contributed by atoms with Crippen molar-refractivity contribution in [2.75, 3.05) is 26.7 Å². The molecule has 1 aliphatic heterocycles. The number of piperidine rings is 1. The molecular weight excluding hydrogens is 545 g/mol. The van der Waals surface area contributed by atoms with Gasteiger partial charge >= 0.3 is 18.2 Å². The van der Waals surface area contributed by atoms with Crippen LogP contribution in [-0.4, -0.2) is 60.1 Å². The minimum absolute atomic E-state index is 0.0757. The zero-order valence-electron chi connectivity index (χ0n) is 24.9. The van der Waals surface area contributed by atoms with Gasteiger partial charge in [0.1, 0.15) is 5.60 Å². The zero-order valence-corrected chi connectivity index (χ0v) is 24.9. The van der Waals surface area contributed by atoms with Gasteiger partial charge in [-0.15, -0.1) is 0 Å². The smallest absolute Gasteiger partial charge is 0.418 e. The van der Waals surface area contributed by atoms with Gasteiger partial charge in [-0.05, 0) is 118 Å². The summed E-state index contributed by atoms with van der Waals surface area (Å²) in [6, 6.07) is 11.2. The van der Waals surface area contributed by atoms with Gasteiger partial charge in [-0.3, -0.25) is 9.47 Å². The van der Waals surface area contributed by atoms with Crippen LogP contribution in [0.2, 0.25) is 0 Å². The zero-order chi connectivity index (χ0) is 30.4. The van der Waals surface area contributed by atoms with Gasteiger partial charge < -0.3 is 9.47 Å². The van der Waals surface area contributed by atoms with E-state index in [2.05, 4.69) is 6.07 Å². The Hall–Kier alpha value is -3.33. The number of hydrogen-bond donors (Lipinski definition) is 0. The van der Waals surface area contributed by atoms with E-state index in [9.17, 15) is 22.8 Å². The normalized spacial score (nSPS) is 20.1. The number of carbonyl (C=O) groups is 2. The van der Waals surface area contributed by atoms with Crippen molar-refractivity contribution in [1.82, 2.24) is 9.47 Å². The largest absolute Gasteiger partial charge is 0.465 e. The molecule has 2 atom stereocenters. The van der Waals surface area contributed by atoms with Crippen LogP contribution in [0.1, 0.15) is 84.5 Å². The van der Waals surface area contributed by atoms with E-state index in [1.807, 2.05) is 45.9 Å². The number of carbonyl (C=O) groups excluding carboxylic acids is 2. The van der Waals surface area contributed by atoms with E-state index in [0.29, 0.717) is 30.9 Å². The summed E-state index contributed by atoms with van der Waals surface area (Å²) in [6.45, 7) is 7.20. The molecule has 2 aromatic carbocycles. The van der Waals surface area contributed by atoms with Crippen LogP contribution in [-0.2, 0) is 15.9 Å². The van der Waals surface area contributed by atoms with Crippen molar-refractivity contribution in [3.63, 3.8) is 0 Å². The van der Waals surface area contributed by atoms with E-state index < -0.39 is 30.4 Å². The number of halogens is 3. The van der Waals surface area contributed by atoms with Gasteiger partial charge in [0.25, 0.3) is 0 Å². The quantitative estimate of drug-likeness (QED) is 0.279. The van der Waals surface area contributed by atoms with E-state index in [1.165, 1.54) is 23.1 Å². The number of nitrogens with zero attached hydrogens (tertiary/aromatic N) is 2. The molecule has 5 rings (SSSR count). The van der Waals surface area contributed by atoms with Gasteiger partial charge in [0.05, 0.1) is 24.7 Å². The van der Waals surface area contributed by atoms with Crippen LogP contribution < -0.4 is 0 Å². The molecule has 2 aliphatic rings. The maximum atomic E-state index is 13.4. The summed E-state index contributed by atoms with van der Waals surface area (Å²) in [4.78, 5) is 26.6. The molecule has 3 aromatic rings. The van der Waals surface area contributed by atoms with Crippen LogP contribution >= 0.6 is 0 Å². The first-order chi connectivity index (χ1) is 19.7.